The summed E-state index contributed by atoms with van der Waals surface area (Å²) in [4.78, 5) is 13.7. The van der Waals surface area contributed by atoms with Crippen molar-refractivity contribution in [1.82, 2.24) is 0 Å². The van der Waals surface area contributed by atoms with Gasteiger partial charge in [-0.25, -0.2) is 13.2 Å². The summed E-state index contributed by atoms with van der Waals surface area (Å²) < 4.78 is 62.0. The molecule has 54 heavy (non-hydrogen) atoms. The molecule has 2 aliphatic rings. The van der Waals surface area contributed by atoms with Gasteiger partial charge in [0.1, 0.15) is 51.9 Å². The van der Waals surface area contributed by atoms with Crippen LogP contribution in [-0.4, -0.2) is 39.3 Å². The van der Waals surface area contributed by atoms with E-state index in [0.29, 0.717) is 79.4 Å². The molecule has 0 spiro atoms. The molecule has 1 aromatic heterocycles. The third kappa shape index (κ3) is 7.35. The zero-order chi connectivity index (χ0) is 37.9. The highest BCUT2D eigenvalue weighted by Crippen LogP contribution is 2.39. The first-order chi connectivity index (χ1) is 26.1. The van der Waals surface area contributed by atoms with Crippen LogP contribution in [0.2, 0.25) is 0 Å². The smallest absolute Gasteiger partial charge is 0.361 e. The maximum absolute atomic E-state index is 13.8. The maximum Gasteiger partial charge on any atom is 0.361 e. The van der Waals surface area contributed by atoms with Crippen LogP contribution in [0.1, 0.15) is 16.7 Å². The number of carbonyl (C=O) groups excluding carboxylic acids is 1. The van der Waals surface area contributed by atoms with Gasteiger partial charge in [-0.2, -0.15) is 0 Å². The average Bonchev–Trinajstić information content (AvgIpc) is 3.21. The topological polar surface area (TPSA) is 94.8 Å². The Morgan fingerprint density at radius 2 is 1.06 bits per heavy atom. The summed E-state index contributed by atoms with van der Waals surface area (Å²) in [5.74, 6) is 2.34. The minimum atomic E-state index is -0.402. The highest BCUT2D eigenvalue weighted by atomic mass is 19.1. The summed E-state index contributed by atoms with van der Waals surface area (Å²) in [6.45, 7) is 0. The van der Waals surface area contributed by atoms with Crippen molar-refractivity contribution in [3.63, 3.8) is 0 Å². The average molecular weight is 728 g/mol. The Morgan fingerprint density at radius 1 is 0.593 bits per heavy atom. The van der Waals surface area contributed by atoms with Crippen molar-refractivity contribution >= 4 is 23.4 Å². The van der Waals surface area contributed by atoms with Crippen LogP contribution in [0.5, 0.6) is 23.0 Å². The second-order valence-electron chi connectivity index (χ2n) is 12.2. The molecule has 8 nitrogen and oxygen atoms in total. The molecule has 0 saturated carbocycles. The van der Waals surface area contributed by atoms with E-state index >= 15 is 0 Å². The van der Waals surface area contributed by atoms with Crippen molar-refractivity contribution in [1.29, 1.82) is 0 Å². The van der Waals surface area contributed by atoms with Gasteiger partial charge in [0.05, 0.1) is 62.8 Å². The molecule has 0 amide bonds. The van der Waals surface area contributed by atoms with E-state index in [4.69, 9.17) is 28.1 Å². The first kappa shape index (κ1) is 35.5. The lowest BCUT2D eigenvalue weighted by atomic mass is 9.85. The van der Waals surface area contributed by atoms with E-state index in [0.717, 1.165) is 0 Å². The molecule has 5 aromatic rings. The number of Topliss-reactive ketones (excluding diaryl/α,β-unsaturated/α-hetero) is 1. The van der Waals surface area contributed by atoms with E-state index in [9.17, 15) is 18.7 Å². The number of ketones is 1. The summed E-state index contributed by atoms with van der Waals surface area (Å²) in [7, 11) is 6.15. The van der Waals surface area contributed by atoms with Crippen molar-refractivity contribution in [3.05, 3.63) is 166 Å². The molecule has 1 N–H and O–H groups in total. The monoisotopic (exact) mass is 727 g/mol. The molecule has 1 aliphatic carbocycles. The Hall–Kier alpha value is -6.94. The SMILES string of the molecule is COc1cc(OC)cc(C2=C/C(=C\C3=C(O)C(=C/c4cc(-c5ccc(F)cc5)[o+]c(-c5cc(OC)cc(OC)c5)c4)/C3=O)C=C(c3ccc(F)cc3)O2)c1. The van der Waals surface area contributed by atoms with Crippen molar-refractivity contribution in [2.75, 3.05) is 28.4 Å². The fourth-order valence-corrected chi connectivity index (χ4v) is 5.95. The number of halogens is 2. The van der Waals surface area contributed by atoms with E-state index in [-0.39, 0.29) is 16.9 Å². The summed E-state index contributed by atoms with van der Waals surface area (Å²) in [6, 6.07) is 25.6. The normalized spacial score (nSPS) is 15.3. The van der Waals surface area contributed by atoms with Gasteiger partial charge in [-0.05, 0) is 108 Å². The van der Waals surface area contributed by atoms with Crippen LogP contribution in [0.3, 0.4) is 0 Å². The quantitative estimate of drug-likeness (QED) is 0.112. The second-order valence-corrected chi connectivity index (χ2v) is 12.2. The summed E-state index contributed by atoms with van der Waals surface area (Å²) in [5, 5.41) is 11.3. The van der Waals surface area contributed by atoms with E-state index in [1.54, 1.807) is 97.1 Å². The van der Waals surface area contributed by atoms with Crippen molar-refractivity contribution in [2.45, 2.75) is 0 Å². The lowest BCUT2D eigenvalue weighted by molar-refractivity contribution is -0.113. The Bertz CT molecular complexity index is 2390. The van der Waals surface area contributed by atoms with Crippen LogP contribution >= 0.6 is 0 Å². The van der Waals surface area contributed by atoms with Gasteiger partial charge >= 0.3 is 11.5 Å². The number of allylic oxidation sites excluding steroid dienone is 6. The molecule has 10 heteroatoms. The fraction of sp³-hybridized carbons (Fsp3) is 0.0909. The van der Waals surface area contributed by atoms with Gasteiger partial charge in [0.15, 0.2) is 0 Å². The number of aliphatic hydroxyl groups excluding tert-OH is 1. The Kier molecular flexibility index (Phi) is 9.83. The van der Waals surface area contributed by atoms with Crippen LogP contribution in [0, 0.1) is 11.6 Å². The standard InChI is InChI=1S/C44H32F2O8/c1-49-33-19-29(20-34(23-33)50-2)41-17-25(15-39(53-41)27-5-9-31(45)10-6-27)13-37-43(47)38(44(37)48)14-26-16-40(28-7-11-32(46)12-8-28)54-42(18-26)30-21-35(51-3)24-36(22-30)52-4/h5-24H,1-4H3/p+1. The van der Waals surface area contributed by atoms with Gasteiger partial charge in [-0.3, -0.25) is 4.79 Å². The van der Waals surface area contributed by atoms with Crippen molar-refractivity contribution in [2.24, 2.45) is 0 Å². The number of methoxy groups -OCH3 is 4. The highest BCUT2D eigenvalue weighted by Gasteiger charge is 2.33. The van der Waals surface area contributed by atoms with Gasteiger partial charge in [0, 0.05) is 23.3 Å². The number of benzene rings is 4. The molecule has 0 bridgehead atoms. The molecule has 270 valence electrons. The maximum atomic E-state index is 13.8. The molecule has 0 fully saturated rings. The molecule has 0 radical (unpaired) electrons. The predicted molar refractivity (Wildman–Crippen MR) is 201 cm³/mol. The number of hydrogen-bond acceptors (Lipinski definition) is 7. The fourth-order valence-electron chi connectivity index (χ4n) is 5.95. The number of carbonyl (C=O) groups is 1. The minimum Gasteiger partial charge on any atom is -0.506 e. The van der Waals surface area contributed by atoms with Crippen LogP contribution in [0.15, 0.2) is 142 Å². The van der Waals surface area contributed by atoms with E-state index in [2.05, 4.69) is 0 Å². The van der Waals surface area contributed by atoms with Gasteiger partial charge in [0.2, 0.25) is 5.78 Å². The first-order valence-corrected chi connectivity index (χ1v) is 16.6. The van der Waals surface area contributed by atoms with E-state index in [1.165, 1.54) is 52.7 Å². The molecule has 2 heterocycles. The zero-order valence-corrected chi connectivity index (χ0v) is 29.6. The molecule has 0 unspecified atom stereocenters. The lowest BCUT2D eigenvalue weighted by Gasteiger charge is -2.22. The summed E-state index contributed by atoms with van der Waals surface area (Å²) in [5.41, 5.74) is 3.69. The largest absolute Gasteiger partial charge is 0.506 e. The van der Waals surface area contributed by atoms with E-state index in [1.807, 2.05) is 0 Å². The van der Waals surface area contributed by atoms with Crippen molar-refractivity contribution in [3.8, 4) is 45.6 Å². The molecule has 0 saturated heterocycles. The first-order valence-electron chi connectivity index (χ1n) is 16.6. The molecule has 4 aromatic carbocycles. The van der Waals surface area contributed by atoms with Gasteiger partial charge < -0.3 is 28.8 Å². The Balaban J connectivity index is 1.31. The zero-order valence-electron chi connectivity index (χ0n) is 29.6. The third-order valence-corrected chi connectivity index (χ3v) is 8.78. The van der Waals surface area contributed by atoms with E-state index < -0.39 is 17.4 Å². The van der Waals surface area contributed by atoms with Gasteiger partial charge in [-0.1, -0.05) is 0 Å². The number of rotatable bonds is 10. The Morgan fingerprint density at radius 3 is 1.56 bits per heavy atom. The number of aliphatic hydroxyl groups is 1. The third-order valence-electron chi connectivity index (χ3n) is 8.78. The highest BCUT2D eigenvalue weighted by molar-refractivity contribution is 6.23. The lowest BCUT2D eigenvalue weighted by Crippen LogP contribution is -2.21. The number of ether oxygens (including phenoxy) is 5. The predicted octanol–water partition coefficient (Wildman–Crippen LogP) is 10.0. The van der Waals surface area contributed by atoms with Gasteiger partial charge in [0.25, 0.3) is 0 Å². The summed E-state index contributed by atoms with van der Waals surface area (Å²) in [6.07, 6.45) is 6.55. The molecular formula is C44H33F2O8+. The second kappa shape index (κ2) is 15.0. The summed E-state index contributed by atoms with van der Waals surface area (Å²) >= 11 is 0. The molecule has 7 rings (SSSR count). The molecular weight excluding hydrogens is 694 g/mol. The van der Waals surface area contributed by atoms with Crippen LogP contribution in [0.4, 0.5) is 8.78 Å². The van der Waals surface area contributed by atoms with Crippen molar-refractivity contribution < 1.29 is 46.8 Å². The Labute approximate surface area is 309 Å². The van der Waals surface area contributed by atoms with Crippen LogP contribution < -0.4 is 18.9 Å². The van der Waals surface area contributed by atoms with Gasteiger partial charge in [-0.15, -0.1) is 0 Å². The molecule has 1 aliphatic heterocycles. The van der Waals surface area contributed by atoms with Crippen LogP contribution in [0.25, 0.3) is 40.2 Å². The minimum absolute atomic E-state index is 0.0869. The number of hydrogen-bond donors (Lipinski definition) is 1. The molecule has 0 atom stereocenters. The van der Waals surface area contributed by atoms with Crippen LogP contribution in [-0.2, 0) is 9.53 Å².